The molecular weight excluding hydrogens is 216 g/mol. The molecule has 15 heavy (non-hydrogen) atoms. The normalized spacial score (nSPS) is 34.7. The Balaban J connectivity index is 1.79. The van der Waals surface area contributed by atoms with E-state index in [4.69, 9.17) is 5.73 Å². The summed E-state index contributed by atoms with van der Waals surface area (Å²) in [5, 5.41) is 2.87. The molecule has 1 saturated heterocycles. The summed E-state index contributed by atoms with van der Waals surface area (Å²) in [7, 11) is -2.84. The van der Waals surface area contributed by atoms with Crippen molar-refractivity contribution < 1.29 is 13.2 Å². The third kappa shape index (κ3) is 2.69. The molecule has 1 aliphatic heterocycles. The van der Waals surface area contributed by atoms with Crippen molar-refractivity contribution in [2.45, 2.75) is 31.3 Å². The number of sulfone groups is 1. The molecule has 1 saturated carbocycles. The monoisotopic (exact) mass is 232 g/mol. The number of hydrogen-bond donors (Lipinski definition) is 2. The third-order valence-electron chi connectivity index (χ3n) is 3.08. The molecular formula is C9H16N2O3S. The minimum Gasteiger partial charge on any atom is -0.353 e. The van der Waals surface area contributed by atoms with E-state index in [1.165, 1.54) is 0 Å². The molecule has 3 N–H and O–H groups in total. The van der Waals surface area contributed by atoms with Gasteiger partial charge in [-0.05, 0) is 19.3 Å². The number of carbonyl (C=O) groups is 1. The van der Waals surface area contributed by atoms with Crippen molar-refractivity contribution in [1.29, 1.82) is 0 Å². The van der Waals surface area contributed by atoms with Gasteiger partial charge in [0.2, 0.25) is 5.91 Å². The largest absolute Gasteiger partial charge is 0.353 e. The summed E-state index contributed by atoms with van der Waals surface area (Å²) in [6, 6.07) is 0.0335. The highest BCUT2D eigenvalue weighted by molar-refractivity contribution is 7.91. The van der Waals surface area contributed by atoms with Gasteiger partial charge in [0.05, 0.1) is 17.4 Å². The second-order valence-corrected chi connectivity index (χ2v) is 6.74. The molecule has 5 nitrogen and oxygen atoms in total. The number of carbonyl (C=O) groups excluding carboxylic acids is 1. The first kappa shape index (κ1) is 10.9. The first-order valence-electron chi connectivity index (χ1n) is 5.24. The Morgan fingerprint density at radius 3 is 2.27 bits per heavy atom. The van der Waals surface area contributed by atoms with Crippen molar-refractivity contribution >= 4 is 15.7 Å². The maximum absolute atomic E-state index is 11.5. The highest BCUT2D eigenvalue weighted by Crippen LogP contribution is 2.28. The minimum absolute atomic E-state index is 0.00759. The first-order valence-corrected chi connectivity index (χ1v) is 7.06. The van der Waals surface area contributed by atoms with Crippen molar-refractivity contribution in [3.8, 4) is 0 Å². The van der Waals surface area contributed by atoms with Gasteiger partial charge in [0.15, 0.2) is 0 Å². The van der Waals surface area contributed by atoms with Gasteiger partial charge >= 0.3 is 0 Å². The van der Waals surface area contributed by atoms with Gasteiger partial charge in [-0.3, -0.25) is 4.79 Å². The van der Waals surface area contributed by atoms with Gasteiger partial charge in [-0.25, -0.2) is 8.42 Å². The summed E-state index contributed by atoms with van der Waals surface area (Å²) in [5.41, 5.74) is 5.56. The molecule has 2 rings (SSSR count). The van der Waals surface area contributed by atoms with Gasteiger partial charge in [0.1, 0.15) is 9.84 Å². The summed E-state index contributed by atoms with van der Waals surface area (Å²) >= 11 is 0. The van der Waals surface area contributed by atoms with Crippen LogP contribution in [0.15, 0.2) is 0 Å². The molecule has 6 heteroatoms. The number of hydrogen-bond acceptors (Lipinski definition) is 4. The highest BCUT2D eigenvalue weighted by atomic mass is 32.2. The van der Waals surface area contributed by atoms with Gasteiger partial charge in [-0.2, -0.15) is 0 Å². The molecule has 2 atom stereocenters. The van der Waals surface area contributed by atoms with Crippen LogP contribution in [-0.4, -0.2) is 37.9 Å². The lowest BCUT2D eigenvalue weighted by atomic mass is 10.1. The molecule has 0 spiro atoms. The van der Waals surface area contributed by atoms with Crippen molar-refractivity contribution in [3.63, 3.8) is 0 Å². The Morgan fingerprint density at radius 2 is 1.80 bits per heavy atom. The van der Waals surface area contributed by atoms with Crippen LogP contribution in [0.2, 0.25) is 0 Å². The zero-order chi connectivity index (χ0) is 11.1. The van der Waals surface area contributed by atoms with Crippen LogP contribution in [-0.2, 0) is 14.6 Å². The lowest BCUT2D eigenvalue weighted by Gasteiger charge is -2.22. The van der Waals surface area contributed by atoms with Gasteiger partial charge in [0, 0.05) is 12.1 Å². The Morgan fingerprint density at radius 1 is 1.27 bits per heavy atom. The molecule has 1 heterocycles. The summed E-state index contributed by atoms with van der Waals surface area (Å²) < 4.78 is 22.3. The average molecular weight is 232 g/mol. The standard InChI is InChI=1S/C9H16N2O3S/c10-8-5-7(8)9(12)11-6-1-3-15(13,14)4-2-6/h6-8H,1-5,10H2,(H,11,12). The lowest BCUT2D eigenvalue weighted by molar-refractivity contribution is -0.123. The van der Waals surface area contributed by atoms with E-state index in [-0.39, 0.29) is 35.4 Å². The van der Waals surface area contributed by atoms with E-state index < -0.39 is 9.84 Å². The van der Waals surface area contributed by atoms with Crippen LogP contribution in [0.5, 0.6) is 0 Å². The number of nitrogens with two attached hydrogens (primary N) is 1. The second kappa shape index (κ2) is 3.75. The van der Waals surface area contributed by atoms with Crippen molar-refractivity contribution in [2.75, 3.05) is 11.5 Å². The third-order valence-corrected chi connectivity index (χ3v) is 4.79. The van der Waals surface area contributed by atoms with Crippen molar-refractivity contribution in [3.05, 3.63) is 0 Å². The molecule has 1 amide bonds. The molecule has 2 aliphatic rings. The smallest absolute Gasteiger partial charge is 0.224 e. The minimum atomic E-state index is -2.84. The molecule has 0 aromatic rings. The molecule has 86 valence electrons. The summed E-state index contributed by atoms with van der Waals surface area (Å²) in [5.74, 6) is 0.332. The fourth-order valence-corrected chi connectivity index (χ4v) is 3.35. The average Bonchev–Trinajstić information content (AvgIpc) is 2.87. The van der Waals surface area contributed by atoms with Crippen LogP contribution in [0.25, 0.3) is 0 Å². The molecule has 2 unspecified atom stereocenters. The maximum atomic E-state index is 11.5. The lowest BCUT2D eigenvalue weighted by Crippen LogP contribution is -2.42. The Kier molecular flexibility index (Phi) is 2.72. The van der Waals surface area contributed by atoms with Crippen molar-refractivity contribution in [1.82, 2.24) is 5.32 Å². The Labute approximate surface area is 89.3 Å². The number of nitrogens with one attached hydrogen (secondary N) is 1. The number of rotatable bonds is 2. The topological polar surface area (TPSA) is 89.3 Å². The quantitative estimate of drug-likeness (QED) is 0.641. The molecule has 1 aliphatic carbocycles. The second-order valence-electron chi connectivity index (χ2n) is 4.44. The van der Waals surface area contributed by atoms with E-state index in [1.54, 1.807) is 0 Å². The van der Waals surface area contributed by atoms with E-state index in [1.807, 2.05) is 0 Å². The van der Waals surface area contributed by atoms with E-state index in [0.717, 1.165) is 6.42 Å². The predicted octanol–water partition coefficient (Wildman–Crippen LogP) is -0.973. The van der Waals surface area contributed by atoms with E-state index in [0.29, 0.717) is 12.8 Å². The zero-order valence-corrected chi connectivity index (χ0v) is 9.29. The first-order chi connectivity index (χ1) is 6.98. The maximum Gasteiger partial charge on any atom is 0.224 e. The van der Waals surface area contributed by atoms with E-state index >= 15 is 0 Å². The molecule has 2 fully saturated rings. The van der Waals surface area contributed by atoms with Crippen LogP contribution >= 0.6 is 0 Å². The van der Waals surface area contributed by atoms with Gasteiger partial charge in [-0.1, -0.05) is 0 Å². The molecule has 0 aromatic heterocycles. The van der Waals surface area contributed by atoms with Crippen molar-refractivity contribution in [2.24, 2.45) is 11.7 Å². The van der Waals surface area contributed by atoms with Gasteiger partial charge < -0.3 is 11.1 Å². The summed E-state index contributed by atoms with van der Waals surface area (Å²) in [6.07, 6.45) is 1.84. The van der Waals surface area contributed by atoms with E-state index in [2.05, 4.69) is 5.32 Å². The summed E-state index contributed by atoms with van der Waals surface area (Å²) in [4.78, 5) is 11.5. The van der Waals surface area contributed by atoms with Crippen LogP contribution in [0.1, 0.15) is 19.3 Å². The molecule has 0 radical (unpaired) electrons. The Bertz CT molecular complexity index is 352. The SMILES string of the molecule is NC1CC1C(=O)NC1CCS(=O)(=O)CC1. The highest BCUT2D eigenvalue weighted by Gasteiger charge is 2.40. The van der Waals surface area contributed by atoms with Crippen LogP contribution in [0, 0.1) is 5.92 Å². The predicted molar refractivity (Wildman–Crippen MR) is 55.9 cm³/mol. The van der Waals surface area contributed by atoms with Crippen LogP contribution in [0.3, 0.4) is 0 Å². The zero-order valence-electron chi connectivity index (χ0n) is 8.48. The summed E-state index contributed by atoms with van der Waals surface area (Å²) in [6.45, 7) is 0. The fourth-order valence-electron chi connectivity index (χ4n) is 1.86. The molecule has 0 bridgehead atoms. The van der Waals surface area contributed by atoms with Gasteiger partial charge in [0.25, 0.3) is 0 Å². The fraction of sp³-hybridized carbons (Fsp3) is 0.889. The van der Waals surface area contributed by atoms with E-state index in [9.17, 15) is 13.2 Å². The number of amides is 1. The van der Waals surface area contributed by atoms with Gasteiger partial charge in [-0.15, -0.1) is 0 Å². The van der Waals surface area contributed by atoms with Crippen LogP contribution in [0.4, 0.5) is 0 Å². The van der Waals surface area contributed by atoms with Crippen LogP contribution < -0.4 is 11.1 Å². The Hall–Kier alpha value is -0.620. The molecule has 0 aromatic carbocycles.